The van der Waals surface area contributed by atoms with Crippen molar-refractivity contribution >= 4 is 11.8 Å². The van der Waals surface area contributed by atoms with Gasteiger partial charge in [-0.1, -0.05) is 18.2 Å². The van der Waals surface area contributed by atoms with Gasteiger partial charge >= 0.3 is 0 Å². The van der Waals surface area contributed by atoms with E-state index < -0.39 is 0 Å². The van der Waals surface area contributed by atoms with Crippen molar-refractivity contribution < 1.29 is 14.3 Å². The molecule has 0 bridgehead atoms. The third kappa shape index (κ3) is 3.97. The minimum absolute atomic E-state index is 0.0305. The summed E-state index contributed by atoms with van der Waals surface area (Å²) in [6.45, 7) is 6.43. The summed E-state index contributed by atoms with van der Waals surface area (Å²) in [5.41, 5.74) is 0.993. The molecule has 1 atom stereocenters. The molecule has 1 saturated heterocycles. The number of rotatable bonds is 5. The van der Waals surface area contributed by atoms with Crippen LogP contribution in [0.5, 0.6) is 5.75 Å². The van der Waals surface area contributed by atoms with E-state index in [9.17, 15) is 9.59 Å². The van der Waals surface area contributed by atoms with Gasteiger partial charge in [-0.25, -0.2) is 0 Å². The van der Waals surface area contributed by atoms with Crippen molar-refractivity contribution in [3.63, 3.8) is 0 Å². The van der Waals surface area contributed by atoms with E-state index in [2.05, 4.69) is 5.32 Å². The third-order valence-electron chi connectivity index (χ3n) is 3.60. The van der Waals surface area contributed by atoms with Crippen molar-refractivity contribution in [3.8, 4) is 5.75 Å². The maximum absolute atomic E-state index is 11.9. The highest BCUT2D eigenvalue weighted by Gasteiger charge is 2.31. The van der Waals surface area contributed by atoms with Gasteiger partial charge in [0, 0.05) is 19.0 Å². The van der Waals surface area contributed by atoms with E-state index in [1.54, 1.807) is 4.90 Å². The lowest BCUT2D eigenvalue weighted by atomic mass is 10.2. The molecule has 1 aliphatic heterocycles. The molecule has 2 rings (SSSR count). The van der Waals surface area contributed by atoms with E-state index in [4.69, 9.17) is 4.74 Å². The molecule has 0 radical (unpaired) electrons. The molecule has 5 heteroatoms. The minimum Gasteiger partial charge on any atom is -0.484 e. The molecule has 1 aromatic carbocycles. The maximum atomic E-state index is 11.9. The monoisotopic (exact) mass is 290 g/mol. The summed E-state index contributed by atoms with van der Waals surface area (Å²) in [5, 5.41) is 2.86. The molecule has 0 saturated carbocycles. The molecule has 1 aliphatic rings. The van der Waals surface area contributed by atoms with Gasteiger partial charge in [0.2, 0.25) is 5.91 Å². The standard InChI is InChI=1S/C16H22N2O3/c1-11(2)18-9-13(8-16(18)20)17-15(19)10-21-14-7-5-4-6-12(14)3/h4-7,11,13H,8-10H2,1-3H3,(H,17,19). The Morgan fingerprint density at radius 1 is 1.43 bits per heavy atom. The van der Waals surface area contributed by atoms with E-state index in [0.717, 1.165) is 5.56 Å². The Morgan fingerprint density at radius 3 is 2.76 bits per heavy atom. The molecular weight excluding hydrogens is 268 g/mol. The first-order valence-corrected chi connectivity index (χ1v) is 7.24. The van der Waals surface area contributed by atoms with Gasteiger partial charge in [0.25, 0.3) is 5.91 Å². The average Bonchev–Trinajstić information content (AvgIpc) is 2.79. The number of carbonyl (C=O) groups excluding carboxylic acids is 2. The Kier molecular flexibility index (Phi) is 4.83. The Morgan fingerprint density at radius 2 is 2.14 bits per heavy atom. The molecule has 1 unspecified atom stereocenters. The zero-order chi connectivity index (χ0) is 15.4. The average molecular weight is 290 g/mol. The van der Waals surface area contributed by atoms with Crippen LogP contribution in [0.2, 0.25) is 0 Å². The van der Waals surface area contributed by atoms with Crippen LogP contribution in [0.4, 0.5) is 0 Å². The summed E-state index contributed by atoms with van der Waals surface area (Å²) < 4.78 is 5.50. The Hall–Kier alpha value is -2.04. The lowest BCUT2D eigenvalue weighted by molar-refractivity contribution is -0.129. The number of aryl methyl sites for hydroxylation is 1. The zero-order valence-corrected chi connectivity index (χ0v) is 12.8. The molecule has 21 heavy (non-hydrogen) atoms. The molecule has 1 aromatic rings. The van der Waals surface area contributed by atoms with Crippen LogP contribution in [-0.2, 0) is 9.59 Å². The zero-order valence-electron chi connectivity index (χ0n) is 12.8. The predicted molar refractivity (Wildman–Crippen MR) is 80.1 cm³/mol. The van der Waals surface area contributed by atoms with Gasteiger partial charge in [0.05, 0.1) is 6.04 Å². The van der Waals surface area contributed by atoms with Crippen LogP contribution in [0.3, 0.4) is 0 Å². The van der Waals surface area contributed by atoms with Crippen LogP contribution in [0.1, 0.15) is 25.8 Å². The smallest absolute Gasteiger partial charge is 0.258 e. The lowest BCUT2D eigenvalue weighted by Gasteiger charge is -2.21. The summed E-state index contributed by atoms with van der Waals surface area (Å²) in [5.74, 6) is 0.607. The topological polar surface area (TPSA) is 58.6 Å². The van der Waals surface area contributed by atoms with Crippen molar-refractivity contribution in [3.05, 3.63) is 29.8 Å². The number of amides is 2. The molecular formula is C16H22N2O3. The highest BCUT2D eigenvalue weighted by molar-refractivity contribution is 5.83. The second-order valence-electron chi connectivity index (χ2n) is 5.66. The van der Waals surface area contributed by atoms with Gasteiger partial charge in [-0.15, -0.1) is 0 Å². The first-order chi connectivity index (χ1) is 9.97. The van der Waals surface area contributed by atoms with Gasteiger partial charge in [0.1, 0.15) is 5.75 Å². The van der Waals surface area contributed by atoms with Crippen LogP contribution < -0.4 is 10.1 Å². The number of benzene rings is 1. The normalized spacial score (nSPS) is 18.2. The second kappa shape index (κ2) is 6.61. The van der Waals surface area contributed by atoms with Crippen LogP contribution in [-0.4, -0.2) is 41.9 Å². The quantitative estimate of drug-likeness (QED) is 0.894. The van der Waals surface area contributed by atoms with Crippen LogP contribution >= 0.6 is 0 Å². The summed E-state index contributed by atoms with van der Waals surface area (Å²) in [4.78, 5) is 25.5. The summed E-state index contributed by atoms with van der Waals surface area (Å²) in [6.07, 6.45) is 0.369. The lowest BCUT2D eigenvalue weighted by Crippen LogP contribution is -2.40. The fourth-order valence-corrected chi connectivity index (χ4v) is 2.46. The molecule has 1 N–H and O–H groups in total. The number of carbonyl (C=O) groups is 2. The van der Waals surface area contributed by atoms with E-state index in [-0.39, 0.29) is 30.5 Å². The molecule has 5 nitrogen and oxygen atoms in total. The van der Waals surface area contributed by atoms with E-state index in [1.165, 1.54) is 0 Å². The molecule has 0 spiro atoms. The van der Waals surface area contributed by atoms with Gasteiger partial charge in [-0.3, -0.25) is 9.59 Å². The first-order valence-electron chi connectivity index (χ1n) is 7.24. The highest BCUT2D eigenvalue weighted by Crippen LogP contribution is 2.16. The van der Waals surface area contributed by atoms with Crippen molar-refractivity contribution in [1.29, 1.82) is 0 Å². The number of likely N-dealkylation sites (tertiary alicyclic amines) is 1. The van der Waals surface area contributed by atoms with E-state index >= 15 is 0 Å². The summed E-state index contributed by atoms with van der Waals surface area (Å²) in [6, 6.07) is 7.62. The number of nitrogens with zero attached hydrogens (tertiary/aromatic N) is 1. The van der Waals surface area contributed by atoms with Gasteiger partial charge in [0.15, 0.2) is 6.61 Å². The summed E-state index contributed by atoms with van der Waals surface area (Å²) >= 11 is 0. The number of para-hydroxylation sites is 1. The van der Waals surface area contributed by atoms with Crippen molar-refractivity contribution in [1.82, 2.24) is 10.2 Å². The van der Waals surface area contributed by atoms with Gasteiger partial charge < -0.3 is 15.0 Å². The molecule has 0 aromatic heterocycles. The molecule has 0 aliphatic carbocycles. The van der Waals surface area contributed by atoms with Crippen LogP contribution in [0.15, 0.2) is 24.3 Å². The fourth-order valence-electron chi connectivity index (χ4n) is 2.46. The molecule has 2 amide bonds. The maximum Gasteiger partial charge on any atom is 0.258 e. The fraction of sp³-hybridized carbons (Fsp3) is 0.500. The van der Waals surface area contributed by atoms with Crippen molar-refractivity contribution in [2.24, 2.45) is 0 Å². The highest BCUT2D eigenvalue weighted by atomic mass is 16.5. The Labute approximate surface area is 125 Å². The van der Waals surface area contributed by atoms with E-state index in [1.807, 2.05) is 45.0 Å². The first kappa shape index (κ1) is 15.4. The number of nitrogens with one attached hydrogen (secondary N) is 1. The second-order valence-corrected chi connectivity index (χ2v) is 5.66. The molecule has 114 valence electrons. The Balaban J connectivity index is 1.81. The Bertz CT molecular complexity index is 528. The van der Waals surface area contributed by atoms with Crippen molar-refractivity contribution in [2.75, 3.05) is 13.2 Å². The summed E-state index contributed by atoms with van der Waals surface area (Å²) in [7, 11) is 0. The predicted octanol–water partition coefficient (Wildman–Crippen LogP) is 1.50. The number of hydrogen-bond acceptors (Lipinski definition) is 3. The number of ether oxygens (including phenoxy) is 1. The third-order valence-corrected chi connectivity index (χ3v) is 3.60. The number of hydrogen-bond donors (Lipinski definition) is 1. The minimum atomic E-state index is -0.193. The molecule has 1 fully saturated rings. The largest absolute Gasteiger partial charge is 0.484 e. The van der Waals surface area contributed by atoms with Crippen molar-refractivity contribution in [2.45, 2.75) is 39.3 Å². The van der Waals surface area contributed by atoms with Gasteiger partial charge in [-0.2, -0.15) is 0 Å². The van der Waals surface area contributed by atoms with E-state index in [0.29, 0.717) is 18.7 Å². The SMILES string of the molecule is Cc1ccccc1OCC(=O)NC1CC(=O)N(C(C)C)C1. The van der Waals surface area contributed by atoms with Gasteiger partial charge in [-0.05, 0) is 32.4 Å². The molecule has 1 heterocycles. The van der Waals surface area contributed by atoms with Crippen LogP contribution in [0.25, 0.3) is 0 Å². The van der Waals surface area contributed by atoms with Crippen LogP contribution in [0, 0.1) is 6.92 Å².